The van der Waals surface area contributed by atoms with Crippen LogP contribution in [0.25, 0.3) is 0 Å². The van der Waals surface area contributed by atoms with Gasteiger partial charge in [0.2, 0.25) is 16.3 Å². The first-order valence-electron chi connectivity index (χ1n) is 7.71. The van der Waals surface area contributed by atoms with Crippen LogP contribution in [0, 0.1) is 0 Å². The van der Waals surface area contributed by atoms with Crippen LogP contribution in [0.1, 0.15) is 19.8 Å². The zero-order valence-electron chi connectivity index (χ0n) is 14.1. The Morgan fingerprint density at radius 1 is 1.40 bits per heavy atom. The third-order valence-electron chi connectivity index (χ3n) is 4.42. The molecule has 0 aliphatic carbocycles. The normalized spacial score (nSPS) is 27.0. The second-order valence-electron chi connectivity index (χ2n) is 6.16. The van der Waals surface area contributed by atoms with Gasteiger partial charge in [-0.1, -0.05) is 6.08 Å². The number of carbonyl (C=O) groups is 2. The van der Waals surface area contributed by atoms with Crippen LogP contribution in [0.3, 0.4) is 0 Å². The Kier molecular flexibility index (Phi) is 6.52. The van der Waals surface area contributed by atoms with Crippen LogP contribution in [0.5, 0.6) is 0 Å². The monoisotopic (exact) mass is 382 g/mol. The number of hydrogen-bond acceptors (Lipinski definition) is 7. The fourth-order valence-electron chi connectivity index (χ4n) is 3.38. The summed E-state index contributed by atoms with van der Waals surface area (Å²) in [5.41, 5.74) is 0.612. The van der Waals surface area contributed by atoms with E-state index in [1.807, 2.05) is 0 Å². The van der Waals surface area contributed by atoms with Crippen molar-refractivity contribution in [3.63, 3.8) is 0 Å². The van der Waals surface area contributed by atoms with E-state index >= 15 is 0 Å². The maximum atomic E-state index is 12.6. The van der Waals surface area contributed by atoms with Gasteiger partial charge in [-0.25, -0.2) is 13.2 Å². The fraction of sp³-hybridized carbons (Fsp3) is 0.692. The summed E-state index contributed by atoms with van der Waals surface area (Å²) in [5, 5.41) is 6.65. The molecule has 3 amide bonds. The topological polar surface area (TPSA) is 131 Å². The van der Waals surface area contributed by atoms with E-state index in [2.05, 4.69) is 14.9 Å². The molecule has 3 rings (SSSR count). The minimum atomic E-state index is -5.07. The van der Waals surface area contributed by atoms with Gasteiger partial charge in [0.25, 0.3) is 0 Å². The first kappa shape index (κ1) is 20.6. The Morgan fingerprint density at radius 2 is 2.04 bits per heavy atom. The van der Waals surface area contributed by atoms with Crippen LogP contribution in [-0.2, 0) is 19.5 Å². The summed E-state index contributed by atoms with van der Waals surface area (Å²) >= 11 is 0. The molecule has 0 aromatic rings. The molecule has 2 bridgehead atoms. The first-order chi connectivity index (χ1) is 11.3. The van der Waals surface area contributed by atoms with Gasteiger partial charge < -0.3 is 20.1 Å². The number of piperidine rings is 1. The SMILES string of the molecule is CC1=C[C@H]2CN(C(=O)N2OS(=O)(=O)[O-])[C@@H]1C(=O)NC1CCNCC1.[Na+]. The molecule has 0 unspecified atom stereocenters. The zero-order valence-corrected chi connectivity index (χ0v) is 16.9. The van der Waals surface area contributed by atoms with Crippen molar-refractivity contribution in [3.05, 3.63) is 11.6 Å². The molecule has 2 N–H and O–H groups in total. The average Bonchev–Trinajstić information content (AvgIpc) is 2.72. The van der Waals surface area contributed by atoms with Gasteiger partial charge in [-0.15, -0.1) is 0 Å². The van der Waals surface area contributed by atoms with E-state index in [4.69, 9.17) is 0 Å². The quantitative estimate of drug-likeness (QED) is 0.218. The van der Waals surface area contributed by atoms with Crippen molar-refractivity contribution in [3.8, 4) is 0 Å². The van der Waals surface area contributed by atoms with E-state index < -0.39 is 28.5 Å². The number of amides is 3. The van der Waals surface area contributed by atoms with Gasteiger partial charge in [-0.2, -0.15) is 9.35 Å². The molecule has 0 spiro atoms. The predicted molar refractivity (Wildman–Crippen MR) is 80.1 cm³/mol. The van der Waals surface area contributed by atoms with Crippen LogP contribution in [0.2, 0.25) is 0 Å². The molecular weight excluding hydrogens is 363 g/mol. The van der Waals surface area contributed by atoms with Crippen molar-refractivity contribution in [2.24, 2.45) is 0 Å². The molecule has 2 fully saturated rings. The van der Waals surface area contributed by atoms with Crippen molar-refractivity contribution in [2.45, 2.75) is 37.9 Å². The van der Waals surface area contributed by atoms with Crippen LogP contribution < -0.4 is 40.2 Å². The number of urea groups is 1. The number of nitrogens with one attached hydrogen (secondary N) is 2. The number of hydroxylamine groups is 2. The smallest absolute Gasteiger partial charge is 0.724 e. The molecule has 2 atom stereocenters. The summed E-state index contributed by atoms with van der Waals surface area (Å²) in [5.74, 6) is -0.311. The van der Waals surface area contributed by atoms with Gasteiger partial charge in [0, 0.05) is 6.04 Å². The molecule has 2 saturated heterocycles. The predicted octanol–water partition coefficient (Wildman–Crippen LogP) is -4.31. The van der Waals surface area contributed by atoms with Gasteiger partial charge >= 0.3 is 35.6 Å². The van der Waals surface area contributed by atoms with E-state index in [1.165, 1.54) is 4.90 Å². The Bertz CT molecular complexity index is 678. The van der Waals surface area contributed by atoms with E-state index in [9.17, 15) is 22.6 Å². The molecule has 3 aliphatic rings. The van der Waals surface area contributed by atoms with Crippen LogP contribution in [-0.4, -0.2) is 72.6 Å². The maximum absolute atomic E-state index is 12.6. The summed E-state index contributed by atoms with van der Waals surface area (Å²) in [4.78, 5) is 26.1. The zero-order chi connectivity index (χ0) is 17.5. The Labute approximate surface area is 168 Å². The number of nitrogens with zero attached hydrogens (tertiary/aromatic N) is 2. The molecule has 12 heteroatoms. The molecular formula is C13H19N4NaO6S. The summed E-state index contributed by atoms with van der Waals surface area (Å²) < 4.78 is 36.6. The van der Waals surface area contributed by atoms with Crippen LogP contribution in [0.15, 0.2) is 11.6 Å². The maximum Gasteiger partial charge on any atom is 1.00 e. The van der Waals surface area contributed by atoms with Crippen molar-refractivity contribution in [1.82, 2.24) is 20.6 Å². The van der Waals surface area contributed by atoms with E-state index in [0.717, 1.165) is 25.9 Å². The molecule has 0 radical (unpaired) electrons. The van der Waals surface area contributed by atoms with Gasteiger partial charge in [-0.05, 0) is 38.4 Å². The second-order valence-corrected chi connectivity index (χ2v) is 7.12. The third-order valence-corrected chi connectivity index (χ3v) is 4.77. The first-order valence-corrected chi connectivity index (χ1v) is 9.04. The van der Waals surface area contributed by atoms with Crippen molar-refractivity contribution in [1.29, 1.82) is 0 Å². The molecule has 0 aromatic heterocycles. The molecule has 0 saturated carbocycles. The minimum Gasteiger partial charge on any atom is -0.724 e. The Morgan fingerprint density at radius 3 is 2.64 bits per heavy atom. The second kappa shape index (κ2) is 7.91. The average molecular weight is 382 g/mol. The largest absolute Gasteiger partial charge is 1.00 e. The van der Waals surface area contributed by atoms with E-state index in [0.29, 0.717) is 10.6 Å². The van der Waals surface area contributed by atoms with Crippen LogP contribution >= 0.6 is 0 Å². The standard InChI is InChI=1S/C13H20N4O6S.Na/c1-8-6-10-7-16(13(19)17(10)23-24(20,21)22)11(8)12(18)15-9-2-4-14-5-3-9;/h6,9-11,14H,2-5,7H2,1H3,(H,15,18)(H,20,21,22);/q;+1/p-1/t10-,11-;/m0./s1. The molecule has 0 aromatic carbocycles. The van der Waals surface area contributed by atoms with Crippen molar-refractivity contribution < 1.29 is 56.4 Å². The van der Waals surface area contributed by atoms with Gasteiger partial charge in [0.05, 0.1) is 12.6 Å². The van der Waals surface area contributed by atoms with E-state index in [-0.39, 0.29) is 48.1 Å². The van der Waals surface area contributed by atoms with Gasteiger partial charge in [-0.3, -0.25) is 4.79 Å². The summed E-state index contributed by atoms with van der Waals surface area (Å²) in [6.45, 7) is 3.42. The molecule has 10 nitrogen and oxygen atoms in total. The molecule has 3 heterocycles. The molecule has 134 valence electrons. The van der Waals surface area contributed by atoms with Gasteiger partial charge in [0.15, 0.2) is 0 Å². The number of fused-ring (bicyclic) bond motifs is 2. The van der Waals surface area contributed by atoms with Crippen LogP contribution in [0.4, 0.5) is 4.79 Å². The molecule has 25 heavy (non-hydrogen) atoms. The Hall–Kier alpha value is -0.690. The van der Waals surface area contributed by atoms with Crippen molar-refractivity contribution >= 4 is 22.3 Å². The summed E-state index contributed by atoms with van der Waals surface area (Å²) in [7, 11) is -5.07. The number of rotatable bonds is 4. The third kappa shape index (κ3) is 4.54. The van der Waals surface area contributed by atoms with Gasteiger partial charge in [0.1, 0.15) is 6.04 Å². The number of hydrogen-bond donors (Lipinski definition) is 2. The number of carbonyl (C=O) groups excluding carboxylic acids is 2. The Balaban J connectivity index is 0.00000225. The summed E-state index contributed by atoms with van der Waals surface area (Å²) in [6, 6.07) is -2.30. The van der Waals surface area contributed by atoms with Crippen molar-refractivity contribution in [2.75, 3.05) is 19.6 Å². The molecule has 3 aliphatic heterocycles. The minimum absolute atomic E-state index is 0. The fourth-order valence-corrected chi connectivity index (χ4v) is 3.75. The summed E-state index contributed by atoms with van der Waals surface area (Å²) in [6.07, 6.45) is 3.20. The van der Waals surface area contributed by atoms with E-state index in [1.54, 1.807) is 13.0 Å².